The van der Waals surface area contributed by atoms with Gasteiger partial charge in [0, 0.05) is 18.3 Å². The standard InChI is InChI=1S/C16H29N3/c1-12(2)19-11-13(10-17-19)18-15-9-7-6-8-14(15)16(3,4)5/h10-12,14-15,18H,6-9H2,1-5H3. The van der Waals surface area contributed by atoms with Crippen molar-refractivity contribution in [2.75, 3.05) is 5.32 Å². The SMILES string of the molecule is CC(C)n1cc(NC2CCCCC2C(C)(C)C)cn1. The Labute approximate surface area is 117 Å². The zero-order valence-electron chi connectivity index (χ0n) is 13.1. The van der Waals surface area contributed by atoms with Crippen LogP contribution in [0.3, 0.4) is 0 Å². The van der Waals surface area contributed by atoms with Gasteiger partial charge < -0.3 is 5.32 Å². The monoisotopic (exact) mass is 263 g/mol. The molecule has 1 aliphatic rings. The van der Waals surface area contributed by atoms with Crippen molar-refractivity contribution in [2.45, 2.75) is 72.4 Å². The van der Waals surface area contributed by atoms with E-state index in [0.717, 1.165) is 5.92 Å². The van der Waals surface area contributed by atoms with Crippen LogP contribution in [-0.4, -0.2) is 15.8 Å². The van der Waals surface area contributed by atoms with E-state index >= 15 is 0 Å². The maximum Gasteiger partial charge on any atom is 0.0728 e. The molecule has 0 radical (unpaired) electrons. The predicted molar refractivity (Wildman–Crippen MR) is 81.4 cm³/mol. The molecule has 0 amide bonds. The third-order valence-corrected chi connectivity index (χ3v) is 4.36. The van der Waals surface area contributed by atoms with Gasteiger partial charge in [0.2, 0.25) is 0 Å². The fraction of sp³-hybridized carbons (Fsp3) is 0.812. The topological polar surface area (TPSA) is 29.9 Å². The lowest BCUT2D eigenvalue weighted by Crippen LogP contribution is -2.39. The van der Waals surface area contributed by atoms with Crippen LogP contribution in [0.15, 0.2) is 12.4 Å². The second-order valence-corrected chi connectivity index (χ2v) is 7.31. The van der Waals surface area contributed by atoms with Crippen molar-refractivity contribution in [3.05, 3.63) is 12.4 Å². The lowest BCUT2D eigenvalue weighted by atomic mass is 9.69. The van der Waals surface area contributed by atoms with E-state index in [9.17, 15) is 0 Å². The Morgan fingerprint density at radius 1 is 1.26 bits per heavy atom. The minimum Gasteiger partial charge on any atom is -0.379 e. The molecule has 0 bridgehead atoms. The third kappa shape index (κ3) is 3.52. The van der Waals surface area contributed by atoms with Gasteiger partial charge in [0.25, 0.3) is 0 Å². The molecule has 1 fully saturated rings. The highest BCUT2D eigenvalue weighted by molar-refractivity contribution is 5.40. The molecule has 1 saturated carbocycles. The molecule has 1 aromatic heterocycles. The first-order valence-corrected chi connectivity index (χ1v) is 7.68. The van der Waals surface area contributed by atoms with Crippen LogP contribution in [0.25, 0.3) is 0 Å². The van der Waals surface area contributed by atoms with Crippen LogP contribution in [-0.2, 0) is 0 Å². The van der Waals surface area contributed by atoms with Crippen LogP contribution >= 0.6 is 0 Å². The smallest absolute Gasteiger partial charge is 0.0728 e. The van der Waals surface area contributed by atoms with Crippen LogP contribution < -0.4 is 5.32 Å². The minimum absolute atomic E-state index is 0.381. The lowest BCUT2D eigenvalue weighted by Gasteiger charge is -2.41. The van der Waals surface area contributed by atoms with Gasteiger partial charge in [-0.25, -0.2) is 0 Å². The third-order valence-electron chi connectivity index (χ3n) is 4.36. The first-order chi connectivity index (χ1) is 8.88. The van der Waals surface area contributed by atoms with Crippen LogP contribution in [0.2, 0.25) is 0 Å². The molecule has 1 aromatic rings. The number of hydrogen-bond acceptors (Lipinski definition) is 2. The van der Waals surface area contributed by atoms with Gasteiger partial charge in [-0.1, -0.05) is 33.6 Å². The predicted octanol–water partition coefficient (Wildman–Crippen LogP) is 4.48. The Morgan fingerprint density at radius 3 is 2.53 bits per heavy atom. The molecule has 1 aliphatic carbocycles. The van der Waals surface area contributed by atoms with Gasteiger partial charge >= 0.3 is 0 Å². The molecule has 108 valence electrons. The molecule has 2 unspecified atom stereocenters. The molecule has 0 saturated heterocycles. The van der Waals surface area contributed by atoms with Crippen molar-refractivity contribution in [3.8, 4) is 0 Å². The molecule has 3 heteroatoms. The number of hydrogen-bond donors (Lipinski definition) is 1. The van der Waals surface area contributed by atoms with Crippen molar-refractivity contribution in [1.82, 2.24) is 9.78 Å². The highest BCUT2D eigenvalue weighted by Gasteiger charge is 2.34. The second-order valence-electron chi connectivity index (χ2n) is 7.31. The number of nitrogens with one attached hydrogen (secondary N) is 1. The van der Waals surface area contributed by atoms with Crippen molar-refractivity contribution >= 4 is 5.69 Å². The summed E-state index contributed by atoms with van der Waals surface area (Å²) >= 11 is 0. The van der Waals surface area contributed by atoms with Crippen molar-refractivity contribution < 1.29 is 0 Å². The lowest BCUT2D eigenvalue weighted by molar-refractivity contribution is 0.163. The average molecular weight is 263 g/mol. The van der Waals surface area contributed by atoms with Crippen LogP contribution in [0, 0.1) is 11.3 Å². The van der Waals surface area contributed by atoms with Gasteiger partial charge in [-0.15, -0.1) is 0 Å². The van der Waals surface area contributed by atoms with E-state index in [1.54, 1.807) is 0 Å². The number of anilines is 1. The first-order valence-electron chi connectivity index (χ1n) is 7.68. The number of aromatic nitrogens is 2. The zero-order valence-corrected chi connectivity index (χ0v) is 13.1. The Balaban J connectivity index is 2.06. The van der Waals surface area contributed by atoms with Gasteiger partial charge in [0.15, 0.2) is 0 Å². The first kappa shape index (κ1) is 14.4. The number of nitrogens with zero attached hydrogens (tertiary/aromatic N) is 2. The largest absolute Gasteiger partial charge is 0.379 e. The Bertz CT molecular complexity index is 400. The summed E-state index contributed by atoms with van der Waals surface area (Å²) in [6.45, 7) is 11.4. The van der Waals surface area contributed by atoms with E-state index in [4.69, 9.17) is 0 Å². The summed E-state index contributed by atoms with van der Waals surface area (Å²) in [5.41, 5.74) is 1.56. The molecule has 3 nitrogen and oxygen atoms in total. The number of rotatable bonds is 3. The maximum atomic E-state index is 4.42. The Hall–Kier alpha value is -0.990. The van der Waals surface area contributed by atoms with Crippen molar-refractivity contribution in [1.29, 1.82) is 0 Å². The fourth-order valence-electron chi connectivity index (χ4n) is 3.25. The minimum atomic E-state index is 0.381. The highest BCUT2D eigenvalue weighted by atomic mass is 15.3. The van der Waals surface area contributed by atoms with E-state index in [1.807, 2.05) is 10.9 Å². The summed E-state index contributed by atoms with van der Waals surface area (Å²) < 4.78 is 2.03. The van der Waals surface area contributed by atoms with Gasteiger partial charge in [-0.3, -0.25) is 4.68 Å². The molecule has 0 aliphatic heterocycles. The van der Waals surface area contributed by atoms with Crippen LogP contribution in [0.4, 0.5) is 5.69 Å². The van der Waals surface area contributed by atoms with E-state index in [-0.39, 0.29) is 0 Å². The summed E-state index contributed by atoms with van der Waals surface area (Å²) in [5, 5.41) is 8.15. The highest BCUT2D eigenvalue weighted by Crippen LogP contribution is 2.39. The molecule has 1 N–H and O–H groups in total. The van der Waals surface area contributed by atoms with E-state index in [0.29, 0.717) is 17.5 Å². The summed E-state index contributed by atoms with van der Waals surface area (Å²) in [4.78, 5) is 0. The maximum absolute atomic E-state index is 4.42. The molecule has 0 aromatic carbocycles. The van der Waals surface area contributed by atoms with Crippen LogP contribution in [0.1, 0.15) is 66.3 Å². The summed E-state index contributed by atoms with van der Waals surface area (Å²) in [5.74, 6) is 0.753. The molecule has 2 atom stereocenters. The fourth-order valence-corrected chi connectivity index (χ4v) is 3.25. The normalized spacial score (nSPS) is 24.7. The van der Waals surface area contributed by atoms with Crippen LogP contribution in [0.5, 0.6) is 0 Å². The summed E-state index contributed by atoms with van der Waals surface area (Å²) in [7, 11) is 0. The Morgan fingerprint density at radius 2 is 1.95 bits per heavy atom. The quantitative estimate of drug-likeness (QED) is 0.871. The summed E-state index contributed by atoms with van der Waals surface area (Å²) in [6, 6.07) is 1.03. The average Bonchev–Trinajstić information content (AvgIpc) is 2.77. The van der Waals surface area contributed by atoms with E-state index < -0.39 is 0 Å². The van der Waals surface area contributed by atoms with Gasteiger partial charge in [0.1, 0.15) is 0 Å². The molecule has 19 heavy (non-hydrogen) atoms. The molecular formula is C16H29N3. The van der Waals surface area contributed by atoms with Crippen molar-refractivity contribution in [2.24, 2.45) is 11.3 Å². The van der Waals surface area contributed by atoms with Gasteiger partial charge in [0.05, 0.1) is 11.9 Å². The molecular weight excluding hydrogens is 234 g/mol. The zero-order chi connectivity index (χ0) is 14.0. The van der Waals surface area contributed by atoms with Gasteiger partial charge in [-0.2, -0.15) is 5.10 Å². The molecule has 0 spiro atoms. The summed E-state index contributed by atoms with van der Waals surface area (Å²) in [6.07, 6.45) is 9.47. The second kappa shape index (κ2) is 5.56. The van der Waals surface area contributed by atoms with Crippen molar-refractivity contribution in [3.63, 3.8) is 0 Å². The molecule has 2 rings (SSSR count). The van der Waals surface area contributed by atoms with E-state index in [2.05, 4.69) is 51.2 Å². The Kier molecular flexibility index (Phi) is 4.22. The van der Waals surface area contributed by atoms with Gasteiger partial charge in [-0.05, 0) is 38.0 Å². The van der Waals surface area contributed by atoms with E-state index in [1.165, 1.54) is 31.4 Å². The molecule has 1 heterocycles.